The van der Waals surface area contributed by atoms with Crippen molar-refractivity contribution in [2.75, 3.05) is 19.0 Å². The number of carbonyl (C=O) groups is 1. The molecule has 0 aliphatic heterocycles. The summed E-state index contributed by atoms with van der Waals surface area (Å²) in [6.45, 7) is 4.43. The molecule has 0 radical (unpaired) electrons. The van der Waals surface area contributed by atoms with E-state index in [4.69, 9.17) is 14.6 Å². The Kier molecular flexibility index (Phi) is 6.60. The van der Waals surface area contributed by atoms with E-state index in [0.29, 0.717) is 12.4 Å². The molecule has 1 aromatic rings. The maximum Gasteiger partial charge on any atom is 0.321 e. The van der Waals surface area contributed by atoms with Crippen LogP contribution in [-0.4, -0.2) is 35.3 Å². The fourth-order valence-corrected chi connectivity index (χ4v) is 1.78. The zero-order valence-corrected chi connectivity index (χ0v) is 11.4. The maximum absolute atomic E-state index is 11.5. The van der Waals surface area contributed by atoms with Crippen LogP contribution in [0.4, 0.5) is 0 Å². The van der Waals surface area contributed by atoms with Crippen LogP contribution in [0.25, 0.3) is 0 Å². The molecular formula is C13H18O4S. The molecule has 18 heavy (non-hydrogen) atoms. The molecule has 0 fully saturated rings. The van der Waals surface area contributed by atoms with Crippen LogP contribution in [-0.2, 0) is 4.79 Å². The maximum atomic E-state index is 11.5. The summed E-state index contributed by atoms with van der Waals surface area (Å²) in [5.41, 5.74) is 0. The van der Waals surface area contributed by atoms with Crippen molar-refractivity contribution in [1.82, 2.24) is 0 Å². The topological polar surface area (TPSA) is 55.8 Å². The van der Waals surface area contributed by atoms with Crippen molar-refractivity contribution >= 4 is 17.7 Å². The molecule has 1 rings (SSSR count). The van der Waals surface area contributed by atoms with E-state index >= 15 is 0 Å². The predicted octanol–water partition coefficient (Wildman–Crippen LogP) is 2.10. The van der Waals surface area contributed by atoms with E-state index < -0.39 is 0 Å². The van der Waals surface area contributed by atoms with Gasteiger partial charge in [0.1, 0.15) is 11.5 Å². The van der Waals surface area contributed by atoms with Crippen molar-refractivity contribution in [3.05, 3.63) is 24.3 Å². The Hall–Kier alpha value is -1.20. The molecule has 0 aromatic heterocycles. The number of rotatable bonds is 7. The normalized spacial score (nSPS) is 11.9. The number of ether oxygens (including phenoxy) is 2. The largest absolute Gasteiger partial charge is 0.494 e. The van der Waals surface area contributed by atoms with Gasteiger partial charge in [0.25, 0.3) is 0 Å². The fourth-order valence-electron chi connectivity index (χ4n) is 1.19. The van der Waals surface area contributed by atoms with Gasteiger partial charge >= 0.3 is 5.97 Å². The van der Waals surface area contributed by atoms with Crippen molar-refractivity contribution in [2.24, 2.45) is 0 Å². The molecule has 1 atom stereocenters. The zero-order chi connectivity index (χ0) is 13.4. The first-order chi connectivity index (χ1) is 8.65. The first-order valence-corrected chi connectivity index (χ1v) is 6.86. The van der Waals surface area contributed by atoms with E-state index in [0.717, 1.165) is 5.75 Å². The molecule has 0 heterocycles. The Labute approximate surface area is 111 Å². The molecule has 1 aromatic carbocycles. The van der Waals surface area contributed by atoms with E-state index in [2.05, 4.69) is 0 Å². The molecule has 0 saturated carbocycles. The average Bonchev–Trinajstić information content (AvgIpc) is 2.38. The smallest absolute Gasteiger partial charge is 0.321 e. The molecule has 0 spiro atoms. The second-order valence-corrected chi connectivity index (χ2v) is 5.11. The van der Waals surface area contributed by atoms with Crippen LogP contribution in [0.15, 0.2) is 24.3 Å². The van der Waals surface area contributed by atoms with Crippen molar-refractivity contribution in [2.45, 2.75) is 19.1 Å². The lowest BCUT2D eigenvalue weighted by Crippen LogP contribution is -2.14. The number of hydrogen-bond donors (Lipinski definition) is 1. The van der Waals surface area contributed by atoms with E-state index in [-0.39, 0.29) is 23.6 Å². The Morgan fingerprint density at radius 1 is 1.33 bits per heavy atom. The third-order valence-electron chi connectivity index (χ3n) is 2.11. The number of aliphatic hydroxyl groups is 1. The first kappa shape index (κ1) is 14.9. The quantitative estimate of drug-likeness (QED) is 0.607. The molecule has 0 saturated heterocycles. The number of benzene rings is 1. The Balaban J connectivity index is 2.39. The van der Waals surface area contributed by atoms with Gasteiger partial charge < -0.3 is 14.6 Å². The second-order valence-electron chi connectivity index (χ2n) is 3.68. The summed E-state index contributed by atoms with van der Waals surface area (Å²) in [6.07, 6.45) is 0. The number of aliphatic hydroxyl groups excluding tert-OH is 1. The molecule has 5 heteroatoms. The molecule has 0 amide bonds. The minimum Gasteiger partial charge on any atom is -0.494 e. The van der Waals surface area contributed by atoms with Crippen LogP contribution in [0.2, 0.25) is 0 Å². The Bertz CT molecular complexity index is 364. The van der Waals surface area contributed by atoms with Gasteiger partial charge in [-0.25, -0.2) is 0 Å². The minimum atomic E-state index is -0.315. The van der Waals surface area contributed by atoms with Crippen LogP contribution in [0, 0.1) is 0 Å². The van der Waals surface area contributed by atoms with Gasteiger partial charge in [-0.2, -0.15) is 0 Å². The summed E-state index contributed by atoms with van der Waals surface area (Å²) in [6, 6.07) is 6.91. The molecule has 1 unspecified atom stereocenters. The average molecular weight is 270 g/mol. The SMILES string of the molecule is CCOc1ccc(OC(=O)CSC(C)CO)cc1. The van der Waals surface area contributed by atoms with Gasteiger partial charge in [0.05, 0.1) is 19.0 Å². The summed E-state index contributed by atoms with van der Waals surface area (Å²) in [4.78, 5) is 11.5. The van der Waals surface area contributed by atoms with Crippen LogP contribution in [0.3, 0.4) is 0 Å². The van der Waals surface area contributed by atoms with Crippen LogP contribution < -0.4 is 9.47 Å². The molecule has 100 valence electrons. The highest BCUT2D eigenvalue weighted by Crippen LogP contribution is 2.18. The van der Waals surface area contributed by atoms with Crippen LogP contribution in [0.1, 0.15) is 13.8 Å². The van der Waals surface area contributed by atoms with Crippen molar-refractivity contribution < 1.29 is 19.4 Å². The molecule has 0 aliphatic carbocycles. The highest BCUT2D eigenvalue weighted by Gasteiger charge is 2.08. The number of carbonyl (C=O) groups excluding carboxylic acids is 1. The van der Waals surface area contributed by atoms with Gasteiger partial charge in [0.2, 0.25) is 0 Å². The molecule has 1 N–H and O–H groups in total. The monoisotopic (exact) mass is 270 g/mol. The van der Waals surface area contributed by atoms with E-state index in [1.165, 1.54) is 11.8 Å². The van der Waals surface area contributed by atoms with Gasteiger partial charge in [-0.1, -0.05) is 6.92 Å². The summed E-state index contributed by atoms with van der Waals surface area (Å²) < 4.78 is 10.4. The fraction of sp³-hybridized carbons (Fsp3) is 0.462. The minimum absolute atomic E-state index is 0.0397. The summed E-state index contributed by atoms with van der Waals surface area (Å²) >= 11 is 1.37. The lowest BCUT2D eigenvalue weighted by Gasteiger charge is -2.08. The van der Waals surface area contributed by atoms with Crippen LogP contribution in [0.5, 0.6) is 11.5 Å². The molecule has 4 nitrogen and oxygen atoms in total. The zero-order valence-electron chi connectivity index (χ0n) is 10.6. The van der Waals surface area contributed by atoms with E-state index in [9.17, 15) is 4.79 Å². The van der Waals surface area contributed by atoms with E-state index in [1.807, 2.05) is 13.8 Å². The highest BCUT2D eigenvalue weighted by atomic mass is 32.2. The second kappa shape index (κ2) is 8.00. The van der Waals surface area contributed by atoms with Crippen molar-refractivity contribution in [3.63, 3.8) is 0 Å². The summed E-state index contributed by atoms with van der Waals surface area (Å²) in [7, 11) is 0. The van der Waals surface area contributed by atoms with Gasteiger partial charge in [-0.05, 0) is 31.2 Å². The van der Waals surface area contributed by atoms with Crippen molar-refractivity contribution in [3.8, 4) is 11.5 Å². The first-order valence-electron chi connectivity index (χ1n) is 5.81. The van der Waals surface area contributed by atoms with Gasteiger partial charge in [-0.15, -0.1) is 11.8 Å². The molecule has 0 aliphatic rings. The molecular weight excluding hydrogens is 252 g/mol. The summed E-state index contributed by atoms with van der Waals surface area (Å²) in [5.74, 6) is 1.17. The van der Waals surface area contributed by atoms with Gasteiger partial charge in [0.15, 0.2) is 0 Å². The van der Waals surface area contributed by atoms with Crippen molar-refractivity contribution in [1.29, 1.82) is 0 Å². The van der Waals surface area contributed by atoms with Gasteiger partial charge in [-0.3, -0.25) is 4.79 Å². The highest BCUT2D eigenvalue weighted by molar-refractivity contribution is 8.00. The third-order valence-corrected chi connectivity index (χ3v) is 3.23. The number of thioether (sulfide) groups is 1. The molecule has 0 bridgehead atoms. The lowest BCUT2D eigenvalue weighted by atomic mass is 10.3. The number of esters is 1. The van der Waals surface area contributed by atoms with Crippen LogP contribution >= 0.6 is 11.8 Å². The Morgan fingerprint density at radius 2 is 1.94 bits per heavy atom. The third kappa shape index (κ3) is 5.42. The summed E-state index contributed by atoms with van der Waals surface area (Å²) in [5, 5.41) is 8.87. The standard InChI is InChI=1S/C13H18O4S/c1-3-16-11-4-6-12(7-5-11)17-13(15)9-18-10(2)8-14/h4-7,10,14H,3,8-9H2,1-2H3. The van der Waals surface area contributed by atoms with Gasteiger partial charge in [0, 0.05) is 5.25 Å². The number of hydrogen-bond acceptors (Lipinski definition) is 5. The van der Waals surface area contributed by atoms with E-state index in [1.54, 1.807) is 24.3 Å². The Morgan fingerprint density at radius 3 is 2.50 bits per heavy atom. The predicted molar refractivity (Wildman–Crippen MR) is 72.3 cm³/mol. The lowest BCUT2D eigenvalue weighted by molar-refractivity contribution is -0.131.